The predicted molar refractivity (Wildman–Crippen MR) is 140 cm³/mol. The molecule has 0 bridgehead atoms. The molecule has 0 aliphatic heterocycles. The Bertz CT molecular complexity index is 1470. The normalized spacial score (nSPS) is 12.2. The summed E-state index contributed by atoms with van der Waals surface area (Å²) in [6.07, 6.45) is 9.58. The topological polar surface area (TPSA) is 25.9 Å². The van der Waals surface area contributed by atoms with Crippen LogP contribution in [0.1, 0.15) is 46.7 Å². The molecule has 3 nitrogen and oxygen atoms in total. The number of halogens is 1. The van der Waals surface area contributed by atoms with E-state index in [0.717, 1.165) is 35.7 Å². The van der Waals surface area contributed by atoms with E-state index in [0.29, 0.717) is 12.5 Å². The van der Waals surface area contributed by atoms with E-state index in [1.54, 1.807) is 0 Å². The Morgan fingerprint density at radius 3 is 2.19 bits per heavy atom. The smallest absolute Gasteiger partial charge is 0.244 e. The molecule has 180 valence electrons. The molecule has 36 heavy (non-hydrogen) atoms. The highest BCUT2D eigenvalue weighted by atomic mass is 79.9. The van der Waals surface area contributed by atoms with E-state index in [-0.39, 0.29) is 22.8 Å². The van der Waals surface area contributed by atoms with Gasteiger partial charge in [-0.15, -0.1) is 0 Å². The maximum Gasteiger partial charge on any atom is 0.244 e. The molecule has 0 spiro atoms. The minimum Gasteiger partial charge on any atom is -1.00 e. The number of aromatic nitrogens is 2. The molecule has 1 aromatic heterocycles. The minimum absolute atomic E-state index is 0. The van der Waals surface area contributed by atoms with Crippen LogP contribution in [0.5, 0.6) is 0 Å². The second-order valence-electron chi connectivity index (χ2n) is 9.53. The summed E-state index contributed by atoms with van der Waals surface area (Å²) in [5.74, 6) is 0.633. The number of benzene rings is 4. The molecule has 0 saturated heterocycles. The van der Waals surface area contributed by atoms with Crippen LogP contribution in [-0.2, 0) is 13.1 Å². The Morgan fingerprint density at radius 2 is 1.44 bits per heavy atom. The zero-order chi connectivity index (χ0) is 23.6. The molecule has 5 aromatic rings. The first kappa shape index (κ1) is 24.2. The van der Waals surface area contributed by atoms with Gasteiger partial charge in [0.25, 0.3) is 0 Å². The van der Waals surface area contributed by atoms with Crippen molar-refractivity contribution in [3.63, 3.8) is 0 Å². The third-order valence-corrected chi connectivity index (χ3v) is 7.27. The predicted octanol–water partition coefficient (Wildman–Crippen LogP) is 3.80. The average molecular weight is 538 g/mol. The van der Waals surface area contributed by atoms with Gasteiger partial charge < -0.3 is 17.0 Å². The Hall–Kier alpha value is -3.50. The SMILES string of the molecule is O=C(C[n+]1ccn(CCCCC2c3ccccc3-c3ccccc32)c1)c1ccc2ccccc2c1.[Br-]. The van der Waals surface area contributed by atoms with E-state index in [9.17, 15) is 4.79 Å². The van der Waals surface area contributed by atoms with E-state index in [4.69, 9.17) is 0 Å². The summed E-state index contributed by atoms with van der Waals surface area (Å²) < 4.78 is 4.19. The third-order valence-electron chi connectivity index (χ3n) is 7.27. The summed E-state index contributed by atoms with van der Waals surface area (Å²) >= 11 is 0. The molecule has 0 radical (unpaired) electrons. The molecule has 0 saturated carbocycles. The second kappa shape index (κ2) is 10.6. The van der Waals surface area contributed by atoms with Gasteiger partial charge in [-0.2, -0.15) is 0 Å². The largest absolute Gasteiger partial charge is 1.00 e. The van der Waals surface area contributed by atoms with Crippen LogP contribution in [0, 0.1) is 0 Å². The van der Waals surface area contributed by atoms with Crippen molar-refractivity contribution in [1.29, 1.82) is 0 Å². The highest BCUT2D eigenvalue weighted by Gasteiger charge is 2.27. The molecule has 4 aromatic carbocycles. The zero-order valence-corrected chi connectivity index (χ0v) is 21.8. The lowest BCUT2D eigenvalue weighted by Gasteiger charge is -2.13. The first-order valence-corrected chi connectivity index (χ1v) is 12.5. The zero-order valence-electron chi connectivity index (χ0n) is 20.2. The Balaban J connectivity index is 0.00000267. The van der Waals surface area contributed by atoms with Gasteiger partial charge in [0.2, 0.25) is 12.1 Å². The number of imidazole rings is 1. The summed E-state index contributed by atoms with van der Waals surface area (Å²) in [6.45, 7) is 1.33. The van der Waals surface area contributed by atoms with Crippen molar-refractivity contribution >= 4 is 16.6 Å². The van der Waals surface area contributed by atoms with Crippen LogP contribution in [0.3, 0.4) is 0 Å². The van der Waals surface area contributed by atoms with E-state index in [1.807, 2.05) is 41.1 Å². The Kier molecular flexibility index (Phi) is 7.15. The number of ketones is 1. The lowest BCUT2D eigenvalue weighted by Crippen LogP contribution is -3.00. The molecular formula is C32H29BrN2O. The fourth-order valence-electron chi connectivity index (χ4n) is 5.50. The van der Waals surface area contributed by atoms with Gasteiger partial charge in [0.1, 0.15) is 12.4 Å². The van der Waals surface area contributed by atoms with Crippen LogP contribution in [0.2, 0.25) is 0 Å². The minimum atomic E-state index is 0. The first-order valence-electron chi connectivity index (χ1n) is 12.5. The van der Waals surface area contributed by atoms with Crippen molar-refractivity contribution in [3.8, 4) is 11.1 Å². The number of hydrogen-bond acceptors (Lipinski definition) is 1. The standard InChI is InChI=1S/C32H29N2O.BrH/c35-32(26-17-16-24-9-1-2-10-25(24)21-26)22-34-20-19-33(23-34)18-8-7-15-31-29-13-5-3-11-27(29)28-12-4-6-14-30(28)31;/h1-6,9-14,16-17,19-21,23,31H,7-8,15,18,22H2;1H/q+1;/p-1. The van der Waals surface area contributed by atoms with Crippen LogP contribution in [0.4, 0.5) is 0 Å². The van der Waals surface area contributed by atoms with Gasteiger partial charge >= 0.3 is 0 Å². The van der Waals surface area contributed by atoms with Crippen molar-refractivity contribution in [3.05, 3.63) is 126 Å². The van der Waals surface area contributed by atoms with Crippen LogP contribution in [0.15, 0.2) is 110 Å². The van der Waals surface area contributed by atoms with Crippen LogP contribution in [-0.4, -0.2) is 10.4 Å². The number of carbonyl (C=O) groups is 1. The van der Waals surface area contributed by atoms with Crippen LogP contribution >= 0.6 is 0 Å². The van der Waals surface area contributed by atoms with Crippen molar-refractivity contribution in [1.82, 2.24) is 4.57 Å². The van der Waals surface area contributed by atoms with Gasteiger partial charge in [-0.3, -0.25) is 4.79 Å². The molecule has 6 rings (SSSR count). The quantitative estimate of drug-likeness (QED) is 0.168. The number of hydrogen-bond donors (Lipinski definition) is 0. The Labute approximate surface area is 222 Å². The molecular weight excluding hydrogens is 508 g/mol. The summed E-state index contributed by atoms with van der Waals surface area (Å²) in [6, 6.07) is 31.8. The third kappa shape index (κ3) is 4.78. The molecule has 0 N–H and O–H groups in total. The van der Waals surface area contributed by atoms with E-state index < -0.39 is 0 Å². The number of aryl methyl sites for hydroxylation is 1. The van der Waals surface area contributed by atoms with Crippen molar-refractivity contribution in [2.45, 2.75) is 38.3 Å². The molecule has 4 heteroatoms. The number of unbranched alkanes of at least 4 members (excludes halogenated alkanes) is 1. The van der Waals surface area contributed by atoms with Gasteiger partial charge in [0.05, 0.1) is 6.54 Å². The number of carbonyl (C=O) groups excluding carboxylic acids is 1. The summed E-state index contributed by atoms with van der Waals surface area (Å²) in [5.41, 5.74) is 6.51. The molecule has 1 heterocycles. The maximum absolute atomic E-state index is 12.8. The fraction of sp³-hybridized carbons (Fsp3) is 0.188. The lowest BCUT2D eigenvalue weighted by molar-refractivity contribution is -0.682. The summed E-state index contributed by atoms with van der Waals surface area (Å²) in [7, 11) is 0. The maximum atomic E-state index is 12.8. The van der Waals surface area contributed by atoms with Crippen LogP contribution < -0.4 is 21.5 Å². The molecule has 1 aliphatic rings. The number of rotatable bonds is 8. The number of nitrogens with zero attached hydrogens (tertiary/aromatic N) is 2. The van der Waals surface area contributed by atoms with Crippen molar-refractivity contribution in [2.24, 2.45) is 0 Å². The van der Waals surface area contributed by atoms with E-state index in [1.165, 1.54) is 28.7 Å². The molecule has 0 fully saturated rings. The van der Waals surface area contributed by atoms with Gasteiger partial charge in [-0.05, 0) is 58.4 Å². The molecule has 0 unspecified atom stereocenters. The van der Waals surface area contributed by atoms with E-state index in [2.05, 4.69) is 77.8 Å². The highest BCUT2D eigenvalue weighted by molar-refractivity contribution is 5.99. The van der Waals surface area contributed by atoms with Crippen molar-refractivity contribution < 1.29 is 26.3 Å². The monoisotopic (exact) mass is 536 g/mol. The average Bonchev–Trinajstić information content (AvgIpc) is 3.48. The molecule has 0 amide bonds. The second-order valence-corrected chi connectivity index (χ2v) is 9.53. The first-order chi connectivity index (χ1) is 17.3. The Morgan fingerprint density at radius 1 is 0.778 bits per heavy atom. The van der Waals surface area contributed by atoms with Crippen LogP contribution in [0.25, 0.3) is 21.9 Å². The highest BCUT2D eigenvalue weighted by Crippen LogP contribution is 2.46. The van der Waals surface area contributed by atoms with Gasteiger partial charge in [0.15, 0.2) is 6.54 Å². The van der Waals surface area contributed by atoms with Crippen molar-refractivity contribution in [2.75, 3.05) is 0 Å². The van der Waals surface area contributed by atoms with Gasteiger partial charge in [-0.1, -0.05) is 84.9 Å². The molecule has 1 aliphatic carbocycles. The molecule has 0 atom stereocenters. The number of fused-ring (bicyclic) bond motifs is 4. The summed E-state index contributed by atoms with van der Waals surface area (Å²) in [5, 5.41) is 2.26. The van der Waals surface area contributed by atoms with Gasteiger partial charge in [0, 0.05) is 11.5 Å². The fourth-order valence-corrected chi connectivity index (χ4v) is 5.50. The summed E-state index contributed by atoms with van der Waals surface area (Å²) in [4.78, 5) is 12.8. The lowest BCUT2D eigenvalue weighted by atomic mass is 9.91. The number of Topliss-reactive ketones (excluding diaryl/α,β-unsaturated/α-hetero) is 1. The van der Waals surface area contributed by atoms with E-state index >= 15 is 0 Å². The van der Waals surface area contributed by atoms with Gasteiger partial charge in [-0.25, -0.2) is 9.13 Å².